The van der Waals surface area contributed by atoms with Crippen LogP contribution < -0.4 is 25.4 Å². The summed E-state index contributed by atoms with van der Waals surface area (Å²) in [4.78, 5) is 16.2. The number of hydrogen-bond donors (Lipinski definition) is 3. The number of nitrogens with zero attached hydrogens (tertiary/aromatic N) is 1. The number of nitrogens with one attached hydrogen (secondary N) is 3. The first kappa shape index (κ1) is 20.7. The van der Waals surface area contributed by atoms with E-state index in [-0.39, 0.29) is 6.79 Å². The zero-order valence-electron chi connectivity index (χ0n) is 16.6. The van der Waals surface area contributed by atoms with Crippen LogP contribution in [0.1, 0.15) is 39.7 Å². The fourth-order valence-corrected chi connectivity index (χ4v) is 2.35. The van der Waals surface area contributed by atoms with Crippen molar-refractivity contribution in [1.29, 1.82) is 0 Å². The Labute approximate surface area is 160 Å². The molecule has 0 spiro atoms. The average molecular weight is 378 g/mol. The van der Waals surface area contributed by atoms with Crippen molar-refractivity contribution >= 4 is 12.1 Å². The summed E-state index contributed by atoms with van der Waals surface area (Å²) < 4.78 is 15.9. The van der Waals surface area contributed by atoms with Crippen molar-refractivity contribution in [2.24, 2.45) is 4.99 Å². The quantitative estimate of drug-likeness (QED) is 0.383. The van der Waals surface area contributed by atoms with Crippen molar-refractivity contribution in [3.8, 4) is 11.5 Å². The molecule has 2 rings (SSSR count). The Hall–Kier alpha value is -2.64. The molecule has 1 aliphatic heterocycles. The molecule has 0 saturated heterocycles. The number of benzene rings is 1. The minimum absolute atomic E-state index is 0.267. The van der Waals surface area contributed by atoms with Gasteiger partial charge in [0.2, 0.25) is 6.79 Å². The van der Waals surface area contributed by atoms with Crippen molar-refractivity contribution in [1.82, 2.24) is 16.0 Å². The molecule has 0 unspecified atom stereocenters. The summed E-state index contributed by atoms with van der Waals surface area (Å²) in [5, 5.41) is 9.20. The first-order valence-corrected chi connectivity index (χ1v) is 9.25. The molecule has 0 radical (unpaired) electrons. The van der Waals surface area contributed by atoms with Crippen LogP contribution in [-0.2, 0) is 11.3 Å². The highest BCUT2D eigenvalue weighted by Crippen LogP contribution is 2.32. The van der Waals surface area contributed by atoms with Crippen LogP contribution in [0, 0.1) is 0 Å². The van der Waals surface area contributed by atoms with Crippen LogP contribution in [-0.4, -0.2) is 44.1 Å². The second kappa shape index (κ2) is 9.89. The first-order valence-electron chi connectivity index (χ1n) is 9.25. The molecule has 150 valence electrons. The van der Waals surface area contributed by atoms with E-state index in [1.807, 2.05) is 45.9 Å². The molecular weight excluding hydrogens is 348 g/mol. The minimum Gasteiger partial charge on any atom is -0.454 e. The van der Waals surface area contributed by atoms with Crippen molar-refractivity contribution < 1.29 is 19.0 Å². The zero-order valence-corrected chi connectivity index (χ0v) is 16.6. The molecule has 1 aromatic carbocycles. The number of alkyl carbamates (subject to hydrolysis) is 1. The van der Waals surface area contributed by atoms with E-state index in [2.05, 4.69) is 20.9 Å². The van der Waals surface area contributed by atoms with Gasteiger partial charge in [0.05, 0.1) is 6.54 Å². The van der Waals surface area contributed by atoms with E-state index in [4.69, 9.17) is 14.2 Å². The van der Waals surface area contributed by atoms with Gasteiger partial charge in [-0.25, -0.2) is 9.79 Å². The molecule has 3 N–H and O–H groups in total. The Balaban J connectivity index is 1.73. The molecule has 0 fully saturated rings. The van der Waals surface area contributed by atoms with Crippen LogP contribution in [0.4, 0.5) is 4.79 Å². The highest BCUT2D eigenvalue weighted by molar-refractivity contribution is 5.79. The number of fused-ring (bicyclic) bond motifs is 1. The molecule has 0 saturated carbocycles. The fraction of sp³-hybridized carbons (Fsp3) is 0.579. The lowest BCUT2D eigenvalue weighted by Gasteiger charge is -2.19. The third kappa shape index (κ3) is 7.64. The van der Waals surface area contributed by atoms with Gasteiger partial charge in [0.25, 0.3) is 0 Å². The largest absolute Gasteiger partial charge is 0.454 e. The van der Waals surface area contributed by atoms with E-state index in [0.29, 0.717) is 19.6 Å². The van der Waals surface area contributed by atoms with Crippen LogP contribution in [0.15, 0.2) is 23.2 Å². The van der Waals surface area contributed by atoms with Crippen molar-refractivity contribution in [2.75, 3.05) is 26.4 Å². The first-order chi connectivity index (χ1) is 12.9. The lowest BCUT2D eigenvalue weighted by molar-refractivity contribution is 0.0527. The number of guanidine groups is 1. The van der Waals surface area contributed by atoms with Crippen molar-refractivity contribution in [2.45, 2.75) is 46.3 Å². The van der Waals surface area contributed by atoms with Gasteiger partial charge in [-0.15, -0.1) is 0 Å². The van der Waals surface area contributed by atoms with Gasteiger partial charge in [0, 0.05) is 19.6 Å². The summed E-state index contributed by atoms with van der Waals surface area (Å²) in [5.41, 5.74) is 0.560. The number of hydrogen-bond acceptors (Lipinski definition) is 5. The number of ether oxygens (including phenoxy) is 3. The maximum absolute atomic E-state index is 11.6. The Bertz CT molecular complexity index is 656. The second-order valence-electron chi connectivity index (χ2n) is 7.09. The summed E-state index contributed by atoms with van der Waals surface area (Å²) in [5.74, 6) is 2.26. The van der Waals surface area contributed by atoms with Crippen molar-refractivity contribution in [3.63, 3.8) is 0 Å². The summed E-state index contributed by atoms with van der Waals surface area (Å²) >= 11 is 0. The van der Waals surface area contributed by atoms with Gasteiger partial charge < -0.3 is 30.2 Å². The monoisotopic (exact) mass is 378 g/mol. The number of carbonyl (C=O) groups excluding carboxylic acids is 1. The van der Waals surface area contributed by atoms with E-state index in [0.717, 1.165) is 36.0 Å². The van der Waals surface area contributed by atoms with Crippen LogP contribution in [0.5, 0.6) is 11.5 Å². The van der Waals surface area contributed by atoms with Crippen LogP contribution >= 0.6 is 0 Å². The summed E-state index contributed by atoms with van der Waals surface area (Å²) in [6, 6.07) is 5.82. The highest BCUT2D eigenvalue weighted by Gasteiger charge is 2.15. The standard InChI is InChI=1S/C19H30N4O4/c1-5-20-17(21-9-6-10-22-18(24)27-19(2,3)4)23-12-14-7-8-15-16(11-14)26-13-25-15/h7-8,11H,5-6,9-10,12-13H2,1-4H3,(H,22,24)(H2,20,21,23). The third-order valence-corrected chi connectivity index (χ3v) is 3.52. The molecule has 27 heavy (non-hydrogen) atoms. The van der Waals surface area contributed by atoms with Gasteiger partial charge in [-0.05, 0) is 51.8 Å². The molecule has 1 amide bonds. The Morgan fingerprint density at radius 2 is 1.89 bits per heavy atom. The highest BCUT2D eigenvalue weighted by atomic mass is 16.7. The molecular formula is C19H30N4O4. The maximum atomic E-state index is 11.6. The molecule has 1 heterocycles. The maximum Gasteiger partial charge on any atom is 0.407 e. The molecule has 8 nitrogen and oxygen atoms in total. The predicted octanol–water partition coefficient (Wildman–Crippen LogP) is 2.39. The summed E-state index contributed by atoms with van der Waals surface area (Å²) in [6.07, 6.45) is 0.360. The summed E-state index contributed by atoms with van der Waals surface area (Å²) in [7, 11) is 0. The Kier molecular flexibility index (Phi) is 7.57. The molecule has 0 aromatic heterocycles. The summed E-state index contributed by atoms with van der Waals surface area (Å²) in [6.45, 7) is 10.3. The van der Waals surface area contributed by atoms with Crippen LogP contribution in [0.3, 0.4) is 0 Å². The minimum atomic E-state index is -0.484. The SMILES string of the molecule is CCNC(=NCc1ccc2c(c1)OCO2)NCCCNC(=O)OC(C)(C)C. The number of aliphatic imine (C=N–C) groups is 1. The van der Waals surface area contributed by atoms with Crippen LogP contribution in [0.2, 0.25) is 0 Å². The molecule has 1 aliphatic rings. The fourth-order valence-electron chi connectivity index (χ4n) is 2.35. The molecule has 0 atom stereocenters. The lowest BCUT2D eigenvalue weighted by atomic mass is 10.2. The van der Waals surface area contributed by atoms with Crippen LogP contribution in [0.25, 0.3) is 0 Å². The van der Waals surface area contributed by atoms with Gasteiger partial charge in [-0.3, -0.25) is 0 Å². The van der Waals surface area contributed by atoms with E-state index < -0.39 is 11.7 Å². The van der Waals surface area contributed by atoms with E-state index in [1.165, 1.54) is 0 Å². The smallest absolute Gasteiger partial charge is 0.407 e. The van der Waals surface area contributed by atoms with Gasteiger partial charge >= 0.3 is 6.09 Å². The van der Waals surface area contributed by atoms with E-state index >= 15 is 0 Å². The van der Waals surface area contributed by atoms with E-state index in [1.54, 1.807) is 0 Å². The predicted molar refractivity (Wildman–Crippen MR) is 104 cm³/mol. The number of rotatable bonds is 7. The van der Waals surface area contributed by atoms with Crippen molar-refractivity contribution in [3.05, 3.63) is 23.8 Å². The normalized spacial score (nSPS) is 13.3. The van der Waals surface area contributed by atoms with E-state index in [9.17, 15) is 4.79 Å². The van der Waals surface area contributed by atoms with Gasteiger partial charge in [0.1, 0.15) is 5.60 Å². The molecule has 0 aliphatic carbocycles. The molecule has 1 aromatic rings. The number of carbonyl (C=O) groups is 1. The molecule has 0 bridgehead atoms. The average Bonchev–Trinajstić information content (AvgIpc) is 3.05. The molecule has 8 heteroatoms. The lowest BCUT2D eigenvalue weighted by Crippen LogP contribution is -2.39. The topological polar surface area (TPSA) is 93.2 Å². The third-order valence-electron chi connectivity index (χ3n) is 3.52. The Morgan fingerprint density at radius 3 is 2.63 bits per heavy atom. The van der Waals surface area contributed by atoms with Gasteiger partial charge in [0.15, 0.2) is 17.5 Å². The zero-order chi connectivity index (χ0) is 19.7. The number of amides is 1. The second-order valence-corrected chi connectivity index (χ2v) is 7.09. The Morgan fingerprint density at radius 1 is 1.15 bits per heavy atom. The van der Waals surface area contributed by atoms with Gasteiger partial charge in [-0.1, -0.05) is 6.07 Å². The van der Waals surface area contributed by atoms with Gasteiger partial charge in [-0.2, -0.15) is 0 Å².